The largest absolute Gasteiger partial charge is 0.355 e. The quantitative estimate of drug-likeness (QED) is 0.475. The molecule has 1 saturated heterocycles. The van der Waals surface area contributed by atoms with Crippen molar-refractivity contribution in [3.63, 3.8) is 0 Å². The molecule has 2 heterocycles. The molecule has 3 nitrogen and oxygen atoms in total. The van der Waals surface area contributed by atoms with Crippen molar-refractivity contribution < 1.29 is 4.79 Å². The maximum atomic E-state index is 11.7. The molecule has 1 aromatic rings. The van der Waals surface area contributed by atoms with Gasteiger partial charge in [0.1, 0.15) is 5.03 Å². The topological polar surface area (TPSA) is 42.0 Å². The molecule has 0 radical (unpaired) electrons. The summed E-state index contributed by atoms with van der Waals surface area (Å²) in [7, 11) is 7.40. The average molecular weight is 375 g/mol. The van der Waals surface area contributed by atoms with Crippen LogP contribution in [0.15, 0.2) is 29.4 Å². The van der Waals surface area contributed by atoms with Crippen molar-refractivity contribution >= 4 is 49.1 Å². The van der Waals surface area contributed by atoms with Crippen molar-refractivity contribution in [3.05, 3.63) is 24.4 Å². The molecule has 0 spiro atoms. The summed E-state index contributed by atoms with van der Waals surface area (Å²) in [5.74, 6) is 2.39. The van der Waals surface area contributed by atoms with E-state index in [1.54, 1.807) is 27.8 Å². The highest BCUT2D eigenvalue weighted by Crippen LogP contribution is 2.39. The summed E-state index contributed by atoms with van der Waals surface area (Å²) in [4.78, 5) is 16.0. The van der Waals surface area contributed by atoms with Crippen molar-refractivity contribution in [2.75, 3.05) is 18.1 Å². The van der Waals surface area contributed by atoms with Gasteiger partial charge in [0.05, 0.1) is 0 Å². The summed E-state index contributed by atoms with van der Waals surface area (Å²) in [6.45, 7) is 0.735. The molecular formula is C15H22N2OS4. The van der Waals surface area contributed by atoms with Crippen LogP contribution in [0.3, 0.4) is 0 Å². The SMILES string of the molecule is O=C(CCCCC1CCSS1)NCCSSc1ccccn1. The molecule has 1 atom stereocenters. The fraction of sp³-hybridized carbons (Fsp3) is 0.600. The summed E-state index contributed by atoms with van der Waals surface area (Å²) in [5.41, 5.74) is 0. The van der Waals surface area contributed by atoms with E-state index < -0.39 is 0 Å². The van der Waals surface area contributed by atoms with Gasteiger partial charge in [-0.25, -0.2) is 4.98 Å². The maximum Gasteiger partial charge on any atom is 0.220 e. The molecule has 1 aliphatic heterocycles. The first kappa shape index (κ1) is 18.4. The fourth-order valence-electron chi connectivity index (χ4n) is 2.04. The molecule has 0 bridgehead atoms. The smallest absolute Gasteiger partial charge is 0.220 e. The third-order valence-electron chi connectivity index (χ3n) is 3.20. The second kappa shape index (κ2) is 11.5. The van der Waals surface area contributed by atoms with Crippen LogP contribution in [0.2, 0.25) is 0 Å². The molecule has 1 unspecified atom stereocenters. The van der Waals surface area contributed by atoms with E-state index in [-0.39, 0.29) is 5.91 Å². The molecule has 0 aliphatic carbocycles. The number of nitrogens with zero attached hydrogens (tertiary/aromatic N) is 1. The standard InChI is InChI=1S/C15H22N2OS4/c18-14(6-2-1-5-13-8-11-19-21-13)16-10-12-20-22-15-7-3-4-9-17-15/h3-4,7,9,13H,1-2,5-6,8,10-12H2,(H,16,18). The zero-order valence-corrected chi connectivity index (χ0v) is 15.8. The minimum atomic E-state index is 0.192. The number of aromatic nitrogens is 1. The van der Waals surface area contributed by atoms with E-state index in [2.05, 4.69) is 10.3 Å². The van der Waals surface area contributed by atoms with E-state index in [0.717, 1.165) is 29.0 Å². The van der Waals surface area contributed by atoms with Crippen LogP contribution in [0.1, 0.15) is 32.1 Å². The van der Waals surface area contributed by atoms with Gasteiger partial charge in [-0.05, 0) is 42.2 Å². The Morgan fingerprint density at radius 3 is 3.14 bits per heavy atom. The molecule has 122 valence electrons. The minimum absolute atomic E-state index is 0.192. The van der Waals surface area contributed by atoms with Crippen molar-refractivity contribution in [2.24, 2.45) is 0 Å². The number of pyridine rings is 1. The Hall–Kier alpha value is 0.0200. The van der Waals surface area contributed by atoms with Gasteiger partial charge in [0.2, 0.25) is 5.91 Å². The molecule has 1 N–H and O–H groups in total. The van der Waals surface area contributed by atoms with Crippen LogP contribution in [0.25, 0.3) is 0 Å². The summed E-state index contributed by atoms with van der Waals surface area (Å²) < 4.78 is 0. The number of hydrogen-bond acceptors (Lipinski definition) is 6. The van der Waals surface area contributed by atoms with Gasteiger partial charge in [0, 0.05) is 35.9 Å². The predicted octanol–water partition coefficient (Wildman–Crippen LogP) is 4.65. The van der Waals surface area contributed by atoms with Crippen LogP contribution in [0, 0.1) is 0 Å². The van der Waals surface area contributed by atoms with Crippen LogP contribution in [0.4, 0.5) is 0 Å². The highest BCUT2D eigenvalue weighted by molar-refractivity contribution is 8.77. The Labute approximate surface area is 148 Å². The summed E-state index contributed by atoms with van der Waals surface area (Å²) in [5, 5.41) is 4.84. The number of hydrogen-bond donors (Lipinski definition) is 1. The van der Waals surface area contributed by atoms with Crippen LogP contribution < -0.4 is 5.32 Å². The Morgan fingerprint density at radius 1 is 1.41 bits per heavy atom. The molecule has 7 heteroatoms. The maximum absolute atomic E-state index is 11.7. The van der Waals surface area contributed by atoms with Gasteiger partial charge in [0.25, 0.3) is 0 Å². The van der Waals surface area contributed by atoms with Crippen molar-refractivity contribution in [2.45, 2.75) is 42.4 Å². The van der Waals surface area contributed by atoms with Crippen LogP contribution in [-0.4, -0.2) is 34.2 Å². The Morgan fingerprint density at radius 2 is 2.36 bits per heavy atom. The van der Waals surface area contributed by atoms with Gasteiger partial charge >= 0.3 is 0 Å². The predicted molar refractivity (Wildman–Crippen MR) is 102 cm³/mol. The minimum Gasteiger partial charge on any atom is -0.355 e. The lowest BCUT2D eigenvalue weighted by Gasteiger charge is -2.07. The second-order valence-electron chi connectivity index (χ2n) is 5.00. The lowest BCUT2D eigenvalue weighted by molar-refractivity contribution is -0.121. The summed E-state index contributed by atoms with van der Waals surface area (Å²) in [6.07, 6.45) is 7.27. The Kier molecular flexibility index (Phi) is 9.63. The normalized spacial score (nSPS) is 17.5. The third kappa shape index (κ3) is 8.04. The molecule has 1 amide bonds. The molecular weight excluding hydrogens is 352 g/mol. The van der Waals surface area contributed by atoms with Gasteiger partial charge in [0.15, 0.2) is 0 Å². The van der Waals surface area contributed by atoms with Gasteiger partial charge in [-0.3, -0.25) is 4.79 Å². The van der Waals surface area contributed by atoms with Crippen molar-refractivity contribution in [3.8, 4) is 0 Å². The molecule has 0 aromatic carbocycles. The number of rotatable bonds is 10. The van der Waals surface area contributed by atoms with Gasteiger partial charge in [-0.2, -0.15) is 0 Å². The van der Waals surface area contributed by atoms with Crippen LogP contribution in [0.5, 0.6) is 0 Å². The van der Waals surface area contributed by atoms with Gasteiger partial charge in [-0.1, -0.05) is 44.9 Å². The summed E-state index contributed by atoms with van der Waals surface area (Å²) in [6, 6.07) is 5.90. The highest BCUT2D eigenvalue weighted by Gasteiger charge is 2.15. The average Bonchev–Trinajstić information content (AvgIpc) is 3.06. The fourth-order valence-corrected chi connectivity index (χ4v) is 6.85. The monoisotopic (exact) mass is 374 g/mol. The zero-order chi connectivity index (χ0) is 15.5. The molecule has 1 aromatic heterocycles. The molecule has 1 aliphatic rings. The van der Waals surface area contributed by atoms with Crippen molar-refractivity contribution in [1.82, 2.24) is 10.3 Å². The van der Waals surface area contributed by atoms with Gasteiger partial charge < -0.3 is 5.32 Å². The zero-order valence-electron chi connectivity index (χ0n) is 12.5. The number of carbonyl (C=O) groups is 1. The highest BCUT2D eigenvalue weighted by atomic mass is 33.1. The second-order valence-corrected chi connectivity index (χ2v) is 10.2. The Balaban J connectivity index is 1.40. The van der Waals surface area contributed by atoms with E-state index in [1.807, 2.05) is 39.8 Å². The first-order chi connectivity index (χ1) is 10.8. The Bertz CT molecular complexity index is 427. The molecule has 1 fully saturated rings. The number of carbonyl (C=O) groups excluding carboxylic acids is 1. The lowest BCUT2D eigenvalue weighted by atomic mass is 10.1. The van der Waals surface area contributed by atoms with Crippen molar-refractivity contribution in [1.29, 1.82) is 0 Å². The first-order valence-corrected chi connectivity index (χ1v) is 12.3. The number of unbranched alkanes of at least 4 members (excludes halogenated alkanes) is 1. The third-order valence-corrected chi connectivity index (χ3v) is 8.47. The van der Waals surface area contributed by atoms with E-state index in [9.17, 15) is 4.79 Å². The molecule has 2 rings (SSSR count). The number of nitrogens with one attached hydrogen (secondary N) is 1. The van der Waals surface area contributed by atoms with E-state index in [0.29, 0.717) is 6.42 Å². The van der Waals surface area contributed by atoms with Crippen LogP contribution in [-0.2, 0) is 4.79 Å². The van der Waals surface area contributed by atoms with E-state index >= 15 is 0 Å². The molecule has 0 saturated carbocycles. The van der Waals surface area contributed by atoms with Crippen LogP contribution >= 0.6 is 43.2 Å². The van der Waals surface area contributed by atoms with Gasteiger partial charge in [-0.15, -0.1) is 0 Å². The van der Waals surface area contributed by atoms with E-state index in [4.69, 9.17) is 0 Å². The summed E-state index contributed by atoms with van der Waals surface area (Å²) >= 11 is 0. The molecule has 22 heavy (non-hydrogen) atoms. The lowest BCUT2D eigenvalue weighted by Crippen LogP contribution is -2.25. The number of amides is 1. The van der Waals surface area contributed by atoms with E-state index in [1.165, 1.54) is 25.0 Å². The first-order valence-electron chi connectivity index (χ1n) is 7.60.